The lowest BCUT2D eigenvalue weighted by molar-refractivity contribution is 0.240. The van der Waals surface area contributed by atoms with E-state index >= 15 is 0 Å². The third kappa shape index (κ3) is 3.80. The number of likely N-dealkylation sites (tertiary alicyclic amines) is 1. The van der Waals surface area contributed by atoms with E-state index in [4.69, 9.17) is 4.74 Å². The molecule has 1 aromatic carbocycles. The number of benzene rings is 1. The fourth-order valence-corrected chi connectivity index (χ4v) is 5.18. The van der Waals surface area contributed by atoms with Gasteiger partial charge < -0.3 is 4.74 Å². The summed E-state index contributed by atoms with van der Waals surface area (Å²) >= 11 is 1.23. The van der Waals surface area contributed by atoms with Crippen LogP contribution in [0.15, 0.2) is 46.0 Å². The minimum atomic E-state index is -3.47. The summed E-state index contributed by atoms with van der Waals surface area (Å²) in [5.41, 5.74) is 1.02. The molecule has 2 heterocycles. The number of hydrogen-bond donors (Lipinski definition) is 1. The van der Waals surface area contributed by atoms with E-state index in [1.807, 2.05) is 24.3 Å². The Balaban J connectivity index is 1.83. The smallest absolute Gasteiger partial charge is 0.250 e. The Bertz CT molecular complexity index is 754. The Labute approximate surface area is 147 Å². The first kappa shape index (κ1) is 17.4. The molecule has 1 atom stereocenters. The highest BCUT2D eigenvalue weighted by Crippen LogP contribution is 2.31. The molecular formula is C17H22N2O3S2. The summed E-state index contributed by atoms with van der Waals surface area (Å²) < 4.78 is 33.5. The average Bonchev–Trinajstić information content (AvgIpc) is 3.29. The van der Waals surface area contributed by atoms with Crippen molar-refractivity contribution in [1.29, 1.82) is 0 Å². The monoisotopic (exact) mass is 366 g/mol. The molecule has 0 spiro atoms. The molecule has 1 aliphatic rings. The summed E-state index contributed by atoms with van der Waals surface area (Å²) in [4.78, 5) is 2.33. The zero-order valence-electron chi connectivity index (χ0n) is 13.6. The first-order valence-electron chi connectivity index (χ1n) is 8.02. The fraction of sp³-hybridized carbons (Fsp3) is 0.412. The Morgan fingerprint density at radius 1 is 1.21 bits per heavy atom. The summed E-state index contributed by atoms with van der Waals surface area (Å²) in [7, 11) is -1.82. The van der Waals surface area contributed by atoms with Crippen molar-refractivity contribution in [3.05, 3.63) is 47.3 Å². The quantitative estimate of drug-likeness (QED) is 0.819. The number of sulfonamides is 1. The molecule has 0 radical (unpaired) electrons. The number of nitrogens with one attached hydrogen (secondary N) is 1. The molecular weight excluding hydrogens is 344 g/mol. The van der Waals surface area contributed by atoms with E-state index < -0.39 is 10.0 Å². The molecule has 1 aromatic heterocycles. The van der Waals surface area contributed by atoms with Crippen molar-refractivity contribution in [2.45, 2.75) is 23.1 Å². The number of hydrogen-bond acceptors (Lipinski definition) is 5. The van der Waals surface area contributed by atoms with Gasteiger partial charge in [-0.05, 0) is 43.4 Å². The van der Waals surface area contributed by atoms with Crippen LogP contribution in [0.5, 0.6) is 5.75 Å². The first-order valence-corrected chi connectivity index (χ1v) is 10.4. The molecule has 3 rings (SSSR count). The Kier molecular flexibility index (Phi) is 5.55. The summed E-state index contributed by atoms with van der Waals surface area (Å²) in [5.74, 6) is 0.796. The van der Waals surface area contributed by atoms with Gasteiger partial charge in [-0.3, -0.25) is 4.90 Å². The van der Waals surface area contributed by atoms with E-state index in [0.717, 1.165) is 37.2 Å². The van der Waals surface area contributed by atoms with E-state index in [2.05, 4.69) is 9.62 Å². The highest BCUT2D eigenvalue weighted by atomic mass is 32.2. The lowest BCUT2D eigenvalue weighted by atomic mass is 10.0. The van der Waals surface area contributed by atoms with Crippen molar-refractivity contribution in [2.24, 2.45) is 0 Å². The molecule has 7 heteroatoms. The highest BCUT2D eigenvalue weighted by Gasteiger charge is 2.27. The molecule has 130 valence electrons. The van der Waals surface area contributed by atoms with Gasteiger partial charge in [0, 0.05) is 12.1 Å². The Morgan fingerprint density at radius 3 is 2.62 bits per heavy atom. The summed E-state index contributed by atoms with van der Waals surface area (Å²) in [5, 5.41) is 1.77. The number of nitrogens with zero attached hydrogens (tertiary/aromatic N) is 1. The molecule has 0 aliphatic carbocycles. The average molecular weight is 367 g/mol. The van der Waals surface area contributed by atoms with Crippen LogP contribution in [0.4, 0.5) is 0 Å². The maximum atomic E-state index is 12.4. The standard InChI is InChI=1S/C17H22N2O3S2/c1-22-16-8-3-2-7-14(16)15(19-10-4-5-11-19)13-18-24(20,21)17-9-6-12-23-17/h2-3,6-9,12,15,18H,4-5,10-11,13H2,1H3/t15-/m0/s1. The Hall–Kier alpha value is -1.41. The highest BCUT2D eigenvalue weighted by molar-refractivity contribution is 7.91. The molecule has 1 saturated heterocycles. The molecule has 2 aromatic rings. The van der Waals surface area contributed by atoms with E-state index in [9.17, 15) is 8.42 Å². The minimum Gasteiger partial charge on any atom is -0.496 e. The number of rotatable bonds is 7. The number of ether oxygens (including phenoxy) is 1. The van der Waals surface area contributed by atoms with Crippen molar-refractivity contribution in [3.8, 4) is 5.75 Å². The van der Waals surface area contributed by atoms with Crippen molar-refractivity contribution < 1.29 is 13.2 Å². The van der Waals surface area contributed by atoms with Gasteiger partial charge in [0.25, 0.3) is 0 Å². The van der Waals surface area contributed by atoms with Gasteiger partial charge in [0.2, 0.25) is 10.0 Å². The lowest BCUT2D eigenvalue weighted by Gasteiger charge is -2.29. The zero-order chi connectivity index (χ0) is 17.0. The topological polar surface area (TPSA) is 58.6 Å². The van der Waals surface area contributed by atoms with E-state index in [0.29, 0.717) is 10.8 Å². The second kappa shape index (κ2) is 7.65. The van der Waals surface area contributed by atoms with Crippen molar-refractivity contribution in [2.75, 3.05) is 26.7 Å². The lowest BCUT2D eigenvalue weighted by Crippen LogP contribution is -2.36. The SMILES string of the molecule is COc1ccccc1[C@H](CNS(=O)(=O)c1cccs1)N1CCCC1. The number of para-hydroxylation sites is 1. The molecule has 5 nitrogen and oxygen atoms in total. The molecule has 0 unspecified atom stereocenters. The summed E-state index contributed by atoms with van der Waals surface area (Å²) in [6.45, 7) is 2.29. The molecule has 1 N–H and O–H groups in total. The van der Waals surface area contributed by atoms with Crippen LogP contribution < -0.4 is 9.46 Å². The van der Waals surface area contributed by atoms with E-state index in [-0.39, 0.29) is 6.04 Å². The van der Waals surface area contributed by atoms with Crippen LogP contribution >= 0.6 is 11.3 Å². The molecule has 0 bridgehead atoms. The van der Waals surface area contributed by atoms with Crippen molar-refractivity contribution >= 4 is 21.4 Å². The number of thiophene rings is 1. The largest absolute Gasteiger partial charge is 0.496 e. The van der Waals surface area contributed by atoms with E-state index in [1.54, 1.807) is 24.6 Å². The van der Waals surface area contributed by atoms with Gasteiger partial charge in [-0.15, -0.1) is 11.3 Å². The zero-order valence-corrected chi connectivity index (χ0v) is 15.3. The summed E-state index contributed by atoms with van der Waals surface area (Å²) in [6.07, 6.45) is 2.28. The second-order valence-corrected chi connectivity index (χ2v) is 8.73. The first-order chi connectivity index (χ1) is 11.6. The van der Waals surface area contributed by atoms with Gasteiger partial charge in [0.15, 0.2) is 0 Å². The second-order valence-electron chi connectivity index (χ2n) is 5.78. The molecule has 24 heavy (non-hydrogen) atoms. The van der Waals surface area contributed by atoms with Crippen LogP contribution in [-0.2, 0) is 10.0 Å². The maximum Gasteiger partial charge on any atom is 0.250 e. The third-order valence-electron chi connectivity index (χ3n) is 4.31. The van der Waals surface area contributed by atoms with Gasteiger partial charge in [-0.1, -0.05) is 24.3 Å². The van der Waals surface area contributed by atoms with Gasteiger partial charge in [0.1, 0.15) is 9.96 Å². The number of methoxy groups -OCH3 is 1. The van der Waals surface area contributed by atoms with E-state index in [1.165, 1.54) is 11.3 Å². The van der Waals surface area contributed by atoms with Gasteiger partial charge in [-0.2, -0.15) is 0 Å². The minimum absolute atomic E-state index is 0.0293. The molecule has 0 amide bonds. The van der Waals surface area contributed by atoms with Crippen molar-refractivity contribution in [1.82, 2.24) is 9.62 Å². The van der Waals surface area contributed by atoms with Crippen molar-refractivity contribution in [3.63, 3.8) is 0 Å². The predicted octanol–water partition coefficient (Wildman–Crippen LogP) is 2.87. The van der Waals surface area contributed by atoms with Crippen LogP contribution in [0, 0.1) is 0 Å². The van der Waals surface area contributed by atoms with Crippen LogP contribution in [0.1, 0.15) is 24.4 Å². The van der Waals surface area contributed by atoms with Crippen LogP contribution in [0.2, 0.25) is 0 Å². The predicted molar refractivity (Wildman–Crippen MR) is 96.0 cm³/mol. The van der Waals surface area contributed by atoms with Gasteiger partial charge in [0.05, 0.1) is 13.2 Å². The Morgan fingerprint density at radius 2 is 1.96 bits per heavy atom. The van der Waals surface area contributed by atoms with Gasteiger partial charge in [-0.25, -0.2) is 13.1 Å². The molecule has 1 aliphatic heterocycles. The molecule has 0 saturated carbocycles. The summed E-state index contributed by atoms with van der Waals surface area (Å²) in [6, 6.07) is 11.2. The third-order valence-corrected chi connectivity index (χ3v) is 7.13. The van der Waals surface area contributed by atoms with Crippen LogP contribution in [0.3, 0.4) is 0 Å². The van der Waals surface area contributed by atoms with Crippen LogP contribution in [-0.4, -0.2) is 40.1 Å². The van der Waals surface area contributed by atoms with Crippen LogP contribution in [0.25, 0.3) is 0 Å². The fourth-order valence-electron chi connectivity index (χ4n) is 3.11. The maximum absolute atomic E-state index is 12.4. The normalized spacial score (nSPS) is 17.0. The molecule has 1 fully saturated rings. The van der Waals surface area contributed by atoms with Gasteiger partial charge >= 0.3 is 0 Å².